The van der Waals surface area contributed by atoms with Gasteiger partial charge >= 0.3 is 5.97 Å². The summed E-state index contributed by atoms with van der Waals surface area (Å²) in [7, 11) is 0. The number of nitrogens with zero attached hydrogens (tertiary/aromatic N) is 1. The van der Waals surface area contributed by atoms with E-state index >= 15 is 0 Å². The van der Waals surface area contributed by atoms with Gasteiger partial charge in [-0.15, -0.1) is 0 Å². The molecule has 4 nitrogen and oxygen atoms in total. The molecule has 0 aromatic rings. The summed E-state index contributed by atoms with van der Waals surface area (Å²) in [6.45, 7) is 2.62. The third-order valence-corrected chi connectivity index (χ3v) is 3.17. The summed E-state index contributed by atoms with van der Waals surface area (Å²) in [5, 5.41) is 8.80. The van der Waals surface area contributed by atoms with Gasteiger partial charge < -0.3 is 9.84 Å². The zero-order chi connectivity index (χ0) is 9.97. The Balaban J connectivity index is 1.92. The lowest BCUT2D eigenvalue weighted by Gasteiger charge is -2.44. The van der Waals surface area contributed by atoms with Crippen LogP contribution >= 0.6 is 0 Å². The van der Waals surface area contributed by atoms with Crippen LogP contribution in [0.3, 0.4) is 0 Å². The molecule has 2 fully saturated rings. The Morgan fingerprint density at radius 2 is 2.21 bits per heavy atom. The van der Waals surface area contributed by atoms with Gasteiger partial charge in [-0.25, -0.2) is 0 Å². The smallest absolute Gasteiger partial charge is 0.304 e. The first-order chi connectivity index (χ1) is 6.77. The standard InChI is InChI=1S/C10H17NO3/c12-10(13)5-8-3-1-2-4-11(8)9-6-14-7-9/h8-9H,1-7H2,(H,12,13). The summed E-state index contributed by atoms with van der Waals surface area (Å²) >= 11 is 0. The van der Waals surface area contributed by atoms with Crippen molar-refractivity contribution in [1.29, 1.82) is 0 Å². The fraction of sp³-hybridized carbons (Fsp3) is 0.900. The molecule has 80 valence electrons. The van der Waals surface area contributed by atoms with Crippen molar-refractivity contribution in [1.82, 2.24) is 4.90 Å². The van der Waals surface area contributed by atoms with Crippen molar-refractivity contribution < 1.29 is 14.6 Å². The molecule has 2 heterocycles. The van der Waals surface area contributed by atoms with Gasteiger partial charge in [0.25, 0.3) is 0 Å². The lowest BCUT2D eigenvalue weighted by atomic mass is 9.96. The zero-order valence-corrected chi connectivity index (χ0v) is 8.32. The number of carboxylic acids is 1. The van der Waals surface area contributed by atoms with Crippen LogP contribution in [-0.4, -0.2) is 47.8 Å². The fourth-order valence-corrected chi connectivity index (χ4v) is 2.34. The number of hydrogen-bond donors (Lipinski definition) is 1. The van der Waals surface area contributed by atoms with Crippen LogP contribution in [0.2, 0.25) is 0 Å². The van der Waals surface area contributed by atoms with Gasteiger partial charge in [0.1, 0.15) is 0 Å². The van der Waals surface area contributed by atoms with E-state index in [4.69, 9.17) is 9.84 Å². The molecule has 1 unspecified atom stereocenters. The van der Waals surface area contributed by atoms with Gasteiger partial charge in [0.2, 0.25) is 0 Å². The molecular formula is C10H17NO3. The zero-order valence-electron chi connectivity index (χ0n) is 8.32. The number of aliphatic carboxylic acids is 1. The van der Waals surface area contributed by atoms with Gasteiger partial charge in [-0.3, -0.25) is 9.69 Å². The number of likely N-dealkylation sites (tertiary alicyclic amines) is 1. The summed E-state index contributed by atoms with van der Waals surface area (Å²) < 4.78 is 5.15. The molecular weight excluding hydrogens is 182 g/mol. The Morgan fingerprint density at radius 1 is 1.43 bits per heavy atom. The van der Waals surface area contributed by atoms with Crippen molar-refractivity contribution in [3.05, 3.63) is 0 Å². The highest BCUT2D eigenvalue weighted by Crippen LogP contribution is 2.24. The second-order valence-corrected chi connectivity index (χ2v) is 4.18. The van der Waals surface area contributed by atoms with Crippen LogP contribution in [0.15, 0.2) is 0 Å². The minimum atomic E-state index is -0.679. The van der Waals surface area contributed by atoms with Crippen LogP contribution in [-0.2, 0) is 9.53 Å². The van der Waals surface area contributed by atoms with Crippen LogP contribution < -0.4 is 0 Å². The number of rotatable bonds is 3. The lowest BCUT2D eigenvalue weighted by molar-refractivity contribution is -0.141. The number of ether oxygens (including phenoxy) is 1. The molecule has 14 heavy (non-hydrogen) atoms. The van der Waals surface area contributed by atoms with Crippen LogP contribution in [0.25, 0.3) is 0 Å². The van der Waals surface area contributed by atoms with Crippen molar-refractivity contribution in [3.63, 3.8) is 0 Å². The first-order valence-corrected chi connectivity index (χ1v) is 5.32. The maximum Gasteiger partial charge on any atom is 0.304 e. The molecule has 4 heteroatoms. The third-order valence-electron chi connectivity index (χ3n) is 3.17. The Labute approximate surface area is 83.8 Å². The third kappa shape index (κ3) is 2.07. The minimum Gasteiger partial charge on any atom is -0.481 e. The molecule has 2 aliphatic heterocycles. The largest absolute Gasteiger partial charge is 0.481 e. The summed E-state index contributed by atoms with van der Waals surface area (Å²) in [5.41, 5.74) is 0. The maximum atomic E-state index is 10.7. The van der Waals surface area contributed by atoms with Crippen molar-refractivity contribution in [2.75, 3.05) is 19.8 Å². The van der Waals surface area contributed by atoms with Crippen LogP contribution in [0.4, 0.5) is 0 Å². The highest BCUT2D eigenvalue weighted by molar-refractivity contribution is 5.67. The van der Waals surface area contributed by atoms with Gasteiger partial charge in [0, 0.05) is 6.04 Å². The highest BCUT2D eigenvalue weighted by atomic mass is 16.5. The average Bonchev–Trinajstić information content (AvgIpc) is 2.04. The summed E-state index contributed by atoms with van der Waals surface area (Å²) in [4.78, 5) is 13.0. The predicted molar refractivity (Wildman–Crippen MR) is 51.2 cm³/mol. The Bertz CT molecular complexity index is 215. The quantitative estimate of drug-likeness (QED) is 0.727. The van der Waals surface area contributed by atoms with E-state index in [1.54, 1.807) is 0 Å². The van der Waals surface area contributed by atoms with Gasteiger partial charge in [-0.1, -0.05) is 6.42 Å². The molecule has 2 saturated heterocycles. The van der Waals surface area contributed by atoms with Crippen LogP contribution in [0, 0.1) is 0 Å². The van der Waals surface area contributed by atoms with E-state index in [1.807, 2.05) is 0 Å². The first-order valence-electron chi connectivity index (χ1n) is 5.32. The van der Waals surface area contributed by atoms with E-state index in [0.717, 1.165) is 26.2 Å². The molecule has 0 aromatic heterocycles. The molecule has 0 amide bonds. The number of piperidine rings is 1. The minimum absolute atomic E-state index is 0.246. The van der Waals surface area contributed by atoms with Gasteiger partial charge in [-0.2, -0.15) is 0 Å². The van der Waals surface area contributed by atoms with Crippen LogP contribution in [0.1, 0.15) is 25.7 Å². The molecule has 1 N–H and O–H groups in total. The van der Waals surface area contributed by atoms with E-state index in [9.17, 15) is 4.79 Å². The van der Waals surface area contributed by atoms with E-state index in [-0.39, 0.29) is 12.5 Å². The lowest BCUT2D eigenvalue weighted by Crippen LogP contribution is -2.55. The number of carbonyl (C=O) groups is 1. The van der Waals surface area contributed by atoms with Gasteiger partial charge in [0.15, 0.2) is 0 Å². The number of hydrogen-bond acceptors (Lipinski definition) is 3. The van der Waals surface area contributed by atoms with Crippen molar-refractivity contribution in [2.24, 2.45) is 0 Å². The molecule has 0 aromatic carbocycles. The number of carboxylic acid groups (broad SMARTS) is 1. The first kappa shape index (κ1) is 9.93. The van der Waals surface area contributed by atoms with Crippen molar-refractivity contribution >= 4 is 5.97 Å². The van der Waals surface area contributed by atoms with Crippen molar-refractivity contribution in [3.8, 4) is 0 Å². The molecule has 2 aliphatic rings. The molecule has 0 bridgehead atoms. The monoisotopic (exact) mass is 199 g/mol. The molecule has 0 spiro atoms. The van der Waals surface area contributed by atoms with Gasteiger partial charge in [-0.05, 0) is 19.4 Å². The Kier molecular flexibility index (Phi) is 3.03. The molecule has 2 rings (SSSR count). The molecule has 0 aliphatic carbocycles. The Hall–Kier alpha value is -0.610. The van der Waals surface area contributed by atoms with Crippen LogP contribution in [0.5, 0.6) is 0 Å². The van der Waals surface area contributed by atoms with Crippen molar-refractivity contribution in [2.45, 2.75) is 37.8 Å². The van der Waals surface area contributed by atoms with E-state index in [1.165, 1.54) is 12.8 Å². The normalized spacial score (nSPS) is 29.9. The van der Waals surface area contributed by atoms with E-state index < -0.39 is 5.97 Å². The molecule has 0 saturated carbocycles. The second-order valence-electron chi connectivity index (χ2n) is 4.18. The SMILES string of the molecule is O=C(O)CC1CCCCN1C1COC1. The summed E-state index contributed by atoms with van der Waals surface area (Å²) in [6, 6.07) is 0.731. The van der Waals surface area contributed by atoms with E-state index in [0.29, 0.717) is 6.04 Å². The second kappa shape index (κ2) is 4.28. The maximum absolute atomic E-state index is 10.7. The Morgan fingerprint density at radius 3 is 2.79 bits per heavy atom. The predicted octanol–water partition coefficient (Wildman–Crippen LogP) is 0.714. The molecule has 0 radical (unpaired) electrons. The average molecular weight is 199 g/mol. The van der Waals surface area contributed by atoms with E-state index in [2.05, 4.69) is 4.90 Å². The highest BCUT2D eigenvalue weighted by Gasteiger charge is 2.33. The molecule has 1 atom stereocenters. The summed E-state index contributed by atoms with van der Waals surface area (Å²) in [5.74, 6) is -0.679. The fourth-order valence-electron chi connectivity index (χ4n) is 2.34. The summed E-state index contributed by atoms with van der Waals surface area (Å²) in [6.07, 6.45) is 3.69. The topological polar surface area (TPSA) is 49.8 Å². The van der Waals surface area contributed by atoms with Gasteiger partial charge in [0.05, 0.1) is 25.7 Å².